The van der Waals surface area contributed by atoms with Crippen molar-refractivity contribution in [1.82, 2.24) is 10.3 Å². The van der Waals surface area contributed by atoms with E-state index in [4.69, 9.17) is 5.11 Å². The molecule has 0 saturated carbocycles. The molecular weight excluding hydrogens is 276 g/mol. The highest BCUT2D eigenvalue weighted by atomic mass is 32.1. The Bertz CT molecular complexity index is 624. The van der Waals surface area contributed by atoms with Crippen LogP contribution in [0.2, 0.25) is 0 Å². The lowest BCUT2D eigenvalue weighted by molar-refractivity contribution is -0.137. The van der Waals surface area contributed by atoms with E-state index in [9.17, 15) is 9.59 Å². The highest BCUT2D eigenvalue weighted by Crippen LogP contribution is 2.19. The van der Waals surface area contributed by atoms with E-state index in [1.807, 2.05) is 19.1 Å². The van der Waals surface area contributed by atoms with Gasteiger partial charge in [-0.3, -0.25) is 9.59 Å². The molecule has 1 atom stereocenters. The number of carboxylic acid groups (broad SMARTS) is 1. The summed E-state index contributed by atoms with van der Waals surface area (Å²) in [6, 6.07) is 5.40. The fourth-order valence-corrected chi connectivity index (χ4v) is 2.55. The van der Waals surface area contributed by atoms with E-state index in [0.717, 1.165) is 10.2 Å². The lowest BCUT2D eigenvalue weighted by Gasteiger charge is -2.11. The molecule has 0 aliphatic carbocycles. The third-order valence-corrected chi connectivity index (χ3v) is 3.85. The molecule has 6 heteroatoms. The normalized spacial score (nSPS) is 12.2. The number of hydrogen-bond acceptors (Lipinski definition) is 4. The predicted octanol–water partition coefficient (Wildman–Crippen LogP) is 2.53. The topological polar surface area (TPSA) is 79.3 Å². The van der Waals surface area contributed by atoms with Crippen LogP contribution in [-0.2, 0) is 4.79 Å². The van der Waals surface area contributed by atoms with Crippen LogP contribution < -0.4 is 5.32 Å². The van der Waals surface area contributed by atoms with Gasteiger partial charge in [0.2, 0.25) is 0 Å². The molecule has 1 heterocycles. The molecule has 2 aromatic rings. The van der Waals surface area contributed by atoms with E-state index in [2.05, 4.69) is 10.3 Å². The number of aliphatic carboxylic acids is 1. The zero-order valence-corrected chi connectivity index (χ0v) is 11.9. The van der Waals surface area contributed by atoms with Crippen LogP contribution in [0.5, 0.6) is 0 Å². The Morgan fingerprint density at radius 3 is 3.00 bits per heavy atom. The summed E-state index contributed by atoms with van der Waals surface area (Å²) < 4.78 is 0.983. The van der Waals surface area contributed by atoms with Crippen molar-refractivity contribution in [3.8, 4) is 0 Å². The van der Waals surface area contributed by atoms with Crippen molar-refractivity contribution in [2.75, 3.05) is 6.54 Å². The van der Waals surface area contributed by atoms with Crippen molar-refractivity contribution in [3.63, 3.8) is 0 Å². The number of thiazole rings is 1. The van der Waals surface area contributed by atoms with Gasteiger partial charge in [0.15, 0.2) is 0 Å². The number of rotatable bonds is 6. The molecule has 0 aliphatic rings. The second-order valence-corrected chi connectivity index (χ2v) is 5.67. The summed E-state index contributed by atoms with van der Waals surface area (Å²) in [5.74, 6) is -0.802. The van der Waals surface area contributed by atoms with Gasteiger partial charge in [-0.2, -0.15) is 0 Å². The number of nitrogens with zero attached hydrogens (tertiary/aromatic N) is 1. The molecule has 0 radical (unpaired) electrons. The number of benzene rings is 1. The van der Waals surface area contributed by atoms with Crippen molar-refractivity contribution in [2.24, 2.45) is 5.92 Å². The summed E-state index contributed by atoms with van der Waals surface area (Å²) in [6.07, 6.45) is 0.688. The smallest absolute Gasteiger partial charge is 0.303 e. The van der Waals surface area contributed by atoms with Crippen molar-refractivity contribution in [1.29, 1.82) is 0 Å². The van der Waals surface area contributed by atoms with Crippen LogP contribution in [0.1, 0.15) is 30.1 Å². The van der Waals surface area contributed by atoms with Crippen molar-refractivity contribution in [3.05, 3.63) is 29.3 Å². The van der Waals surface area contributed by atoms with E-state index < -0.39 is 5.97 Å². The van der Waals surface area contributed by atoms with Gasteiger partial charge >= 0.3 is 5.97 Å². The second-order valence-electron chi connectivity index (χ2n) is 4.78. The maximum absolute atomic E-state index is 12.0. The van der Waals surface area contributed by atoms with Crippen LogP contribution >= 0.6 is 11.3 Å². The average Bonchev–Trinajstić information content (AvgIpc) is 2.89. The number of fused-ring (bicyclic) bond motifs is 1. The molecule has 0 spiro atoms. The summed E-state index contributed by atoms with van der Waals surface area (Å²) in [4.78, 5) is 26.6. The number of hydrogen-bond donors (Lipinski definition) is 2. The summed E-state index contributed by atoms with van der Waals surface area (Å²) in [5, 5.41) is 11.4. The number of aromatic nitrogens is 1. The Hall–Kier alpha value is -1.95. The second kappa shape index (κ2) is 6.47. The molecule has 106 valence electrons. The first kappa shape index (κ1) is 14.5. The lowest BCUT2D eigenvalue weighted by atomic mass is 10.1. The zero-order valence-electron chi connectivity index (χ0n) is 11.1. The molecule has 0 aliphatic heterocycles. The molecule has 20 heavy (non-hydrogen) atoms. The van der Waals surface area contributed by atoms with Crippen LogP contribution in [0.3, 0.4) is 0 Å². The Kier molecular flexibility index (Phi) is 4.68. The van der Waals surface area contributed by atoms with E-state index in [1.54, 1.807) is 11.6 Å². The summed E-state index contributed by atoms with van der Waals surface area (Å²) in [7, 11) is 0. The Morgan fingerprint density at radius 1 is 1.45 bits per heavy atom. The van der Waals surface area contributed by atoms with Crippen LogP contribution in [0.4, 0.5) is 0 Å². The molecule has 5 nitrogen and oxygen atoms in total. The highest BCUT2D eigenvalue weighted by Gasteiger charge is 2.10. The van der Waals surface area contributed by atoms with Gasteiger partial charge in [-0.25, -0.2) is 4.98 Å². The first-order chi connectivity index (χ1) is 9.56. The predicted molar refractivity (Wildman–Crippen MR) is 78.0 cm³/mol. The van der Waals surface area contributed by atoms with Gasteiger partial charge in [-0.05, 0) is 30.5 Å². The Balaban J connectivity index is 1.89. The van der Waals surface area contributed by atoms with Crippen LogP contribution in [0.15, 0.2) is 23.7 Å². The van der Waals surface area contributed by atoms with Gasteiger partial charge in [0.25, 0.3) is 5.91 Å². The van der Waals surface area contributed by atoms with Gasteiger partial charge < -0.3 is 10.4 Å². The molecule has 0 fully saturated rings. The third kappa shape index (κ3) is 3.77. The Morgan fingerprint density at radius 2 is 2.25 bits per heavy atom. The maximum atomic E-state index is 12.0. The highest BCUT2D eigenvalue weighted by molar-refractivity contribution is 7.16. The lowest BCUT2D eigenvalue weighted by Crippen LogP contribution is -2.28. The first-order valence-corrected chi connectivity index (χ1v) is 7.27. The molecule has 1 amide bonds. The van der Waals surface area contributed by atoms with Gasteiger partial charge in [-0.1, -0.05) is 6.92 Å². The van der Waals surface area contributed by atoms with Gasteiger partial charge in [0.05, 0.1) is 15.7 Å². The van der Waals surface area contributed by atoms with Crippen molar-refractivity contribution < 1.29 is 14.7 Å². The fraction of sp³-hybridized carbons (Fsp3) is 0.357. The third-order valence-electron chi connectivity index (χ3n) is 3.06. The molecule has 1 aromatic carbocycles. The van der Waals surface area contributed by atoms with Crippen LogP contribution in [0.25, 0.3) is 10.2 Å². The largest absolute Gasteiger partial charge is 0.481 e. The van der Waals surface area contributed by atoms with E-state index in [-0.39, 0.29) is 18.2 Å². The van der Waals surface area contributed by atoms with E-state index in [1.165, 1.54) is 11.3 Å². The van der Waals surface area contributed by atoms with Crippen LogP contribution in [-0.4, -0.2) is 28.5 Å². The number of amides is 1. The maximum Gasteiger partial charge on any atom is 0.303 e. The van der Waals surface area contributed by atoms with Gasteiger partial charge in [0, 0.05) is 18.5 Å². The summed E-state index contributed by atoms with van der Waals surface area (Å²) >= 11 is 1.50. The minimum absolute atomic E-state index is 0.129. The van der Waals surface area contributed by atoms with Gasteiger partial charge in [-0.15, -0.1) is 11.3 Å². The summed E-state index contributed by atoms with van der Waals surface area (Å²) in [6.45, 7) is 2.41. The van der Waals surface area contributed by atoms with Gasteiger partial charge in [0.1, 0.15) is 0 Å². The SMILES string of the molecule is CC(CCC(=O)O)CNC(=O)c1ccc2ncsc2c1. The Labute approximate surface area is 120 Å². The quantitative estimate of drug-likeness (QED) is 0.857. The minimum Gasteiger partial charge on any atom is -0.481 e. The number of carbonyl (C=O) groups excluding carboxylic acids is 1. The fourth-order valence-electron chi connectivity index (χ4n) is 1.84. The number of carbonyl (C=O) groups is 2. The molecular formula is C14H16N2O3S. The first-order valence-electron chi connectivity index (χ1n) is 6.39. The number of carboxylic acids is 1. The molecule has 1 unspecified atom stereocenters. The molecule has 0 bridgehead atoms. The van der Waals surface area contributed by atoms with E-state index >= 15 is 0 Å². The summed E-state index contributed by atoms with van der Waals surface area (Å²) in [5.41, 5.74) is 3.24. The van der Waals surface area contributed by atoms with E-state index in [0.29, 0.717) is 18.5 Å². The molecule has 2 rings (SSSR count). The average molecular weight is 292 g/mol. The monoisotopic (exact) mass is 292 g/mol. The van der Waals surface area contributed by atoms with Crippen LogP contribution in [0, 0.1) is 5.92 Å². The van der Waals surface area contributed by atoms with Crippen molar-refractivity contribution in [2.45, 2.75) is 19.8 Å². The minimum atomic E-state index is -0.807. The molecule has 2 N–H and O–H groups in total. The standard InChI is InChI=1S/C14H16N2O3S/c1-9(2-5-13(17)18)7-15-14(19)10-3-4-11-12(6-10)20-8-16-11/h3-4,6,8-9H,2,5,7H2,1H3,(H,15,19)(H,17,18). The molecule has 1 aromatic heterocycles. The number of nitrogens with one attached hydrogen (secondary N) is 1. The zero-order chi connectivity index (χ0) is 14.5. The van der Waals surface area contributed by atoms with Crippen molar-refractivity contribution >= 4 is 33.4 Å². The molecule has 0 saturated heterocycles.